The maximum Gasteiger partial charge on any atom is 0.409 e. The number of hydrogen-bond acceptors (Lipinski definition) is 5. The van der Waals surface area contributed by atoms with E-state index < -0.39 is 6.09 Å². The Morgan fingerprint density at radius 1 is 0.897 bits per heavy atom. The van der Waals surface area contributed by atoms with Gasteiger partial charge in [0.2, 0.25) is 0 Å². The van der Waals surface area contributed by atoms with Gasteiger partial charge in [0.25, 0.3) is 0 Å². The number of amides is 1. The molecule has 4 rings (SSSR count). The number of fused-ring (bicyclic) bond motifs is 1. The molecule has 0 aliphatic carbocycles. The SMILES string of the molecule is COc1ccc(C(=O)c2ccc(-c3nc4cc(OC(N)=O)ccc4[nH]3)cc2)cc1. The number of aromatic amines is 1. The number of nitrogens with one attached hydrogen (secondary N) is 1. The molecule has 0 atom stereocenters. The molecule has 1 aromatic heterocycles. The second-order valence-corrected chi connectivity index (χ2v) is 6.32. The maximum atomic E-state index is 12.6. The van der Waals surface area contributed by atoms with E-state index in [4.69, 9.17) is 15.2 Å². The van der Waals surface area contributed by atoms with Gasteiger partial charge in [-0.1, -0.05) is 24.3 Å². The van der Waals surface area contributed by atoms with Gasteiger partial charge >= 0.3 is 6.09 Å². The molecule has 0 unspecified atom stereocenters. The Bertz CT molecular complexity index is 1200. The van der Waals surface area contributed by atoms with Gasteiger partial charge in [-0.2, -0.15) is 0 Å². The lowest BCUT2D eigenvalue weighted by Crippen LogP contribution is -2.16. The Morgan fingerprint density at radius 2 is 1.52 bits per heavy atom. The molecule has 144 valence electrons. The summed E-state index contributed by atoms with van der Waals surface area (Å²) in [4.78, 5) is 31.3. The summed E-state index contributed by atoms with van der Waals surface area (Å²) in [5, 5.41) is 0. The predicted octanol–water partition coefficient (Wildman–Crippen LogP) is 3.93. The van der Waals surface area contributed by atoms with Gasteiger partial charge in [-0.05, 0) is 36.4 Å². The molecule has 0 bridgehead atoms. The summed E-state index contributed by atoms with van der Waals surface area (Å²) >= 11 is 0. The molecule has 29 heavy (non-hydrogen) atoms. The minimum atomic E-state index is -0.878. The molecule has 0 aliphatic rings. The monoisotopic (exact) mass is 387 g/mol. The lowest BCUT2D eigenvalue weighted by Gasteiger charge is -2.04. The van der Waals surface area contributed by atoms with Crippen molar-refractivity contribution in [1.82, 2.24) is 9.97 Å². The van der Waals surface area contributed by atoms with Gasteiger partial charge in [0.1, 0.15) is 17.3 Å². The number of nitrogens with zero attached hydrogens (tertiary/aromatic N) is 1. The summed E-state index contributed by atoms with van der Waals surface area (Å²) in [6.07, 6.45) is -0.878. The molecule has 0 saturated carbocycles. The Kier molecular flexibility index (Phi) is 4.70. The van der Waals surface area contributed by atoms with Crippen molar-refractivity contribution >= 4 is 22.9 Å². The quantitative estimate of drug-likeness (QED) is 0.505. The highest BCUT2D eigenvalue weighted by Gasteiger charge is 2.11. The standard InChI is InChI=1S/C22H17N3O4/c1-28-16-8-6-14(7-9-16)20(26)13-2-4-15(5-3-13)21-24-18-11-10-17(29-22(23)27)12-19(18)25-21/h2-12H,1H3,(H2,23,27)(H,24,25). The van der Waals surface area contributed by atoms with Gasteiger partial charge in [0.05, 0.1) is 18.1 Å². The number of H-pyrrole nitrogens is 1. The minimum Gasteiger partial charge on any atom is -0.497 e. The van der Waals surface area contributed by atoms with Crippen molar-refractivity contribution in [2.24, 2.45) is 5.73 Å². The molecule has 7 nitrogen and oxygen atoms in total. The third-order valence-electron chi connectivity index (χ3n) is 4.45. The van der Waals surface area contributed by atoms with Crippen LogP contribution in [-0.2, 0) is 0 Å². The summed E-state index contributed by atoms with van der Waals surface area (Å²) in [6, 6.07) is 19.2. The van der Waals surface area contributed by atoms with Crippen molar-refractivity contribution in [3.05, 3.63) is 77.9 Å². The number of carbonyl (C=O) groups excluding carboxylic acids is 2. The highest BCUT2D eigenvalue weighted by atomic mass is 16.5. The van der Waals surface area contributed by atoms with Crippen molar-refractivity contribution in [2.45, 2.75) is 0 Å². The molecule has 0 saturated heterocycles. The molecular weight excluding hydrogens is 370 g/mol. The van der Waals surface area contributed by atoms with Crippen LogP contribution >= 0.6 is 0 Å². The number of rotatable bonds is 5. The van der Waals surface area contributed by atoms with Crippen LogP contribution in [0, 0.1) is 0 Å². The van der Waals surface area contributed by atoms with E-state index in [1.807, 2.05) is 12.1 Å². The molecule has 3 aromatic carbocycles. The summed E-state index contributed by atoms with van der Waals surface area (Å²) in [6.45, 7) is 0. The van der Waals surface area contributed by atoms with Crippen LogP contribution in [0.1, 0.15) is 15.9 Å². The number of hydrogen-bond donors (Lipinski definition) is 2. The molecule has 7 heteroatoms. The number of ketones is 1. The first kappa shape index (κ1) is 18.2. The first-order valence-electron chi connectivity index (χ1n) is 8.80. The normalized spacial score (nSPS) is 10.7. The first-order chi connectivity index (χ1) is 14.0. The van der Waals surface area contributed by atoms with Crippen molar-refractivity contribution < 1.29 is 19.1 Å². The van der Waals surface area contributed by atoms with Gasteiger partial charge in [-0.25, -0.2) is 9.78 Å². The zero-order valence-corrected chi connectivity index (χ0v) is 15.5. The van der Waals surface area contributed by atoms with Crippen molar-refractivity contribution in [3.63, 3.8) is 0 Å². The first-order valence-corrected chi connectivity index (χ1v) is 8.80. The molecular formula is C22H17N3O4. The van der Waals surface area contributed by atoms with E-state index in [1.165, 1.54) is 0 Å². The van der Waals surface area contributed by atoms with E-state index in [9.17, 15) is 9.59 Å². The highest BCUT2D eigenvalue weighted by molar-refractivity contribution is 6.09. The second kappa shape index (κ2) is 7.47. The van der Waals surface area contributed by atoms with Crippen LogP contribution in [0.4, 0.5) is 4.79 Å². The minimum absolute atomic E-state index is 0.0722. The molecule has 1 heterocycles. The Hall–Kier alpha value is -4.13. The molecule has 0 spiro atoms. The Morgan fingerprint density at radius 3 is 2.14 bits per heavy atom. The van der Waals surface area contributed by atoms with Crippen LogP contribution in [0.15, 0.2) is 66.7 Å². The number of methoxy groups -OCH3 is 1. The van der Waals surface area contributed by atoms with Crippen LogP contribution in [-0.4, -0.2) is 29.0 Å². The number of aromatic nitrogens is 2. The number of carbonyl (C=O) groups is 2. The summed E-state index contributed by atoms with van der Waals surface area (Å²) in [7, 11) is 1.58. The lowest BCUT2D eigenvalue weighted by atomic mass is 10.0. The van der Waals surface area contributed by atoms with Gasteiger partial charge < -0.3 is 20.2 Å². The zero-order chi connectivity index (χ0) is 20.4. The number of imidazole rings is 1. The summed E-state index contributed by atoms with van der Waals surface area (Å²) in [5.74, 6) is 1.59. The molecule has 4 aromatic rings. The third kappa shape index (κ3) is 3.79. The smallest absolute Gasteiger partial charge is 0.409 e. The summed E-state index contributed by atoms with van der Waals surface area (Å²) < 4.78 is 9.99. The zero-order valence-electron chi connectivity index (χ0n) is 15.5. The van der Waals surface area contributed by atoms with Crippen LogP contribution in [0.2, 0.25) is 0 Å². The van der Waals surface area contributed by atoms with E-state index in [1.54, 1.807) is 61.7 Å². The summed E-state index contributed by atoms with van der Waals surface area (Å²) in [5.41, 5.74) is 8.45. The van der Waals surface area contributed by atoms with Crippen molar-refractivity contribution in [3.8, 4) is 22.9 Å². The predicted molar refractivity (Wildman–Crippen MR) is 108 cm³/mol. The maximum absolute atomic E-state index is 12.6. The fourth-order valence-electron chi connectivity index (χ4n) is 2.99. The average Bonchev–Trinajstić information content (AvgIpc) is 3.16. The molecule has 3 N–H and O–H groups in total. The third-order valence-corrected chi connectivity index (χ3v) is 4.45. The van der Waals surface area contributed by atoms with E-state index in [-0.39, 0.29) is 5.78 Å². The number of primary amides is 1. The molecule has 0 fully saturated rings. The van der Waals surface area contributed by atoms with E-state index in [0.717, 1.165) is 11.1 Å². The van der Waals surface area contributed by atoms with Gasteiger partial charge in [-0.15, -0.1) is 0 Å². The Labute approximate surface area is 166 Å². The number of nitrogens with two attached hydrogens (primary N) is 1. The van der Waals surface area contributed by atoms with Crippen LogP contribution in [0.3, 0.4) is 0 Å². The molecule has 0 aliphatic heterocycles. The van der Waals surface area contributed by atoms with Gasteiger partial charge in [0.15, 0.2) is 5.78 Å². The van der Waals surface area contributed by atoms with Crippen molar-refractivity contribution in [2.75, 3.05) is 7.11 Å². The molecule has 1 amide bonds. The molecule has 0 radical (unpaired) electrons. The van der Waals surface area contributed by atoms with E-state index in [0.29, 0.717) is 34.0 Å². The largest absolute Gasteiger partial charge is 0.497 e. The van der Waals surface area contributed by atoms with E-state index >= 15 is 0 Å². The van der Waals surface area contributed by atoms with E-state index in [2.05, 4.69) is 9.97 Å². The van der Waals surface area contributed by atoms with Crippen LogP contribution in [0.5, 0.6) is 11.5 Å². The second-order valence-electron chi connectivity index (χ2n) is 6.32. The number of benzene rings is 3. The fraction of sp³-hybridized carbons (Fsp3) is 0.0455. The lowest BCUT2D eigenvalue weighted by molar-refractivity contribution is 0.103. The Balaban J connectivity index is 1.58. The van der Waals surface area contributed by atoms with Gasteiger partial charge in [0, 0.05) is 22.8 Å². The van der Waals surface area contributed by atoms with Gasteiger partial charge in [-0.3, -0.25) is 4.79 Å². The van der Waals surface area contributed by atoms with Crippen LogP contribution < -0.4 is 15.2 Å². The highest BCUT2D eigenvalue weighted by Crippen LogP contribution is 2.25. The average molecular weight is 387 g/mol. The topological polar surface area (TPSA) is 107 Å². The van der Waals surface area contributed by atoms with Crippen molar-refractivity contribution in [1.29, 1.82) is 0 Å². The fourth-order valence-corrected chi connectivity index (χ4v) is 2.99. The number of ether oxygens (including phenoxy) is 2. The van der Waals surface area contributed by atoms with Crippen LogP contribution in [0.25, 0.3) is 22.4 Å².